The maximum absolute atomic E-state index is 4.54. The van der Waals surface area contributed by atoms with Gasteiger partial charge in [0.1, 0.15) is 0 Å². The summed E-state index contributed by atoms with van der Waals surface area (Å²) >= 11 is 1.80. The fraction of sp³-hybridized carbons (Fsp3) is 0.625. The topological polar surface area (TPSA) is 34.0 Å². The first kappa shape index (κ1) is 14.7. The Balaban J connectivity index is 1.66. The van der Waals surface area contributed by atoms with Crippen LogP contribution in [0, 0.1) is 13.8 Å². The summed E-state index contributed by atoms with van der Waals surface area (Å²) in [4.78, 5) is 7.10. The van der Waals surface area contributed by atoms with Crippen molar-refractivity contribution in [2.24, 2.45) is 7.05 Å². The summed E-state index contributed by atoms with van der Waals surface area (Å²) in [6.07, 6.45) is 4.32. The molecule has 114 valence electrons. The molecular weight excluding hydrogens is 280 g/mol. The minimum Gasteiger partial charge on any atom is -0.299 e. The summed E-state index contributed by atoms with van der Waals surface area (Å²) in [7, 11) is 2.03. The van der Waals surface area contributed by atoms with Gasteiger partial charge in [0.15, 0.2) is 0 Å². The lowest BCUT2D eigenvalue weighted by molar-refractivity contribution is 0.161. The molecule has 0 N–H and O–H groups in total. The standard InChI is InChI=1S/C16H24N4S/c1-12-14(13(2)19(4)18-12)11-20-8-5-16(3,6-9-20)15-17-7-10-21-15/h7,10H,5-6,8-9,11H2,1-4H3. The molecule has 0 radical (unpaired) electrons. The summed E-state index contributed by atoms with van der Waals surface area (Å²) in [5.74, 6) is 0. The van der Waals surface area contributed by atoms with E-state index in [0.717, 1.165) is 19.6 Å². The Labute approximate surface area is 130 Å². The van der Waals surface area contributed by atoms with E-state index in [9.17, 15) is 0 Å². The Morgan fingerprint density at radius 1 is 1.29 bits per heavy atom. The van der Waals surface area contributed by atoms with E-state index in [1.807, 2.05) is 17.9 Å². The van der Waals surface area contributed by atoms with Crippen LogP contribution in [-0.2, 0) is 19.0 Å². The van der Waals surface area contributed by atoms with Crippen LogP contribution < -0.4 is 0 Å². The number of likely N-dealkylation sites (tertiary alicyclic amines) is 1. The number of thiazole rings is 1. The molecule has 0 spiro atoms. The van der Waals surface area contributed by atoms with Gasteiger partial charge in [-0.25, -0.2) is 4.98 Å². The van der Waals surface area contributed by atoms with Gasteiger partial charge in [-0.1, -0.05) is 6.92 Å². The number of hydrogen-bond acceptors (Lipinski definition) is 4. The van der Waals surface area contributed by atoms with Crippen LogP contribution in [0.25, 0.3) is 0 Å². The Kier molecular flexibility index (Phi) is 3.88. The molecule has 3 heterocycles. The lowest BCUT2D eigenvalue weighted by Gasteiger charge is -2.38. The molecule has 1 aliphatic heterocycles. The highest BCUT2D eigenvalue weighted by Crippen LogP contribution is 2.36. The van der Waals surface area contributed by atoms with E-state index in [2.05, 4.69) is 41.1 Å². The van der Waals surface area contributed by atoms with E-state index < -0.39 is 0 Å². The van der Waals surface area contributed by atoms with Crippen molar-refractivity contribution in [3.8, 4) is 0 Å². The van der Waals surface area contributed by atoms with Crippen molar-refractivity contribution in [1.82, 2.24) is 19.7 Å². The lowest BCUT2D eigenvalue weighted by atomic mass is 9.81. The zero-order valence-electron chi connectivity index (χ0n) is 13.4. The minimum atomic E-state index is 0.268. The molecule has 0 aromatic carbocycles. The SMILES string of the molecule is Cc1nn(C)c(C)c1CN1CCC(C)(c2nccs2)CC1. The molecule has 0 atom stereocenters. The fourth-order valence-electron chi connectivity index (χ4n) is 3.21. The third-order valence-electron chi connectivity index (χ3n) is 4.95. The van der Waals surface area contributed by atoms with Gasteiger partial charge >= 0.3 is 0 Å². The molecule has 21 heavy (non-hydrogen) atoms. The fourth-order valence-corrected chi connectivity index (χ4v) is 4.07. The number of rotatable bonds is 3. The third kappa shape index (κ3) is 2.77. The van der Waals surface area contributed by atoms with Gasteiger partial charge in [0.05, 0.1) is 10.7 Å². The van der Waals surface area contributed by atoms with Crippen LogP contribution in [0.3, 0.4) is 0 Å². The Bertz CT molecular complexity index is 607. The van der Waals surface area contributed by atoms with Gasteiger partial charge in [0.2, 0.25) is 0 Å². The predicted octanol–water partition coefficient (Wildman–Crippen LogP) is 3.05. The normalized spacial score (nSPS) is 19.0. The predicted molar refractivity (Wildman–Crippen MR) is 86.7 cm³/mol. The zero-order valence-corrected chi connectivity index (χ0v) is 14.2. The highest BCUT2D eigenvalue weighted by atomic mass is 32.1. The first-order valence-corrected chi connectivity index (χ1v) is 8.49. The quantitative estimate of drug-likeness (QED) is 0.874. The van der Waals surface area contributed by atoms with Crippen molar-refractivity contribution in [3.63, 3.8) is 0 Å². The van der Waals surface area contributed by atoms with Crippen LogP contribution in [0.2, 0.25) is 0 Å². The summed E-state index contributed by atoms with van der Waals surface area (Å²) < 4.78 is 1.99. The average Bonchev–Trinajstić information content (AvgIpc) is 3.07. The monoisotopic (exact) mass is 304 g/mol. The van der Waals surface area contributed by atoms with Gasteiger partial charge < -0.3 is 0 Å². The van der Waals surface area contributed by atoms with E-state index in [1.165, 1.54) is 34.8 Å². The van der Waals surface area contributed by atoms with Crippen molar-refractivity contribution in [2.75, 3.05) is 13.1 Å². The van der Waals surface area contributed by atoms with Gasteiger partial charge in [-0.05, 0) is 39.8 Å². The number of piperidine rings is 1. The van der Waals surface area contributed by atoms with Crippen molar-refractivity contribution in [1.29, 1.82) is 0 Å². The molecule has 0 saturated carbocycles. The van der Waals surface area contributed by atoms with E-state index in [0.29, 0.717) is 0 Å². The van der Waals surface area contributed by atoms with Crippen molar-refractivity contribution in [3.05, 3.63) is 33.5 Å². The summed E-state index contributed by atoms with van der Waals surface area (Å²) in [6, 6.07) is 0. The van der Waals surface area contributed by atoms with E-state index in [-0.39, 0.29) is 5.41 Å². The Morgan fingerprint density at radius 3 is 2.52 bits per heavy atom. The van der Waals surface area contributed by atoms with Gasteiger partial charge in [0, 0.05) is 41.8 Å². The van der Waals surface area contributed by atoms with Crippen LogP contribution in [-0.4, -0.2) is 32.8 Å². The van der Waals surface area contributed by atoms with Crippen LogP contribution in [0.5, 0.6) is 0 Å². The molecule has 2 aromatic heterocycles. The molecule has 0 amide bonds. The Morgan fingerprint density at radius 2 is 2.00 bits per heavy atom. The average molecular weight is 304 g/mol. The van der Waals surface area contributed by atoms with Crippen molar-refractivity contribution < 1.29 is 0 Å². The molecule has 4 nitrogen and oxygen atoms in total. The smallest absolute Gasteiger partial charge is 0.0984 e. The van der Waals surface area contributed by atoms with Crippen LogP contribution in [0.1, 0.15) is 41.7 Å². The second-order valence-electron chi connectivity index (χ2n) is 6.45. The summed E-state index contributed by atoms with van der Waals surface area (Å²) in [5, 5.41) is 7.92. The molecule has 5 heteroatoms. The number of hydrogen-bond donors (Lipinski definition) is 0. The molecule has 1 saturated heterocycles. The Hall–Kier alpha value is -1.20. The maximum Gasteiger partial charge on any atom is 0.0984 e. The number of nitrogens with zero attached hydrogens (tertiary/aromatic N) is 4. The molecule has 3 rings (SSSR count). The largest absolute Gasteiger partial charge is 0.299 e. The van der Waals surface area contributed by atoms with Crippen LogP contribution >= 0.6 is 11.3 Å². The van der Waals surface area contributed by atoms with Gasteiger partial charge in [-0.15, -0.1) is 11.3 Å². The van der Waals surface area contributed by atoms with Gasteiger partial charge in [-0.2, -0.15) is 5.10 Å². The van der Waals surface area contributed by atoms with Crippen molar-refractivity contribution in [2.45, 2.75) is 45.6 Å². The molecule has 0 unspecified atom stereocenters. The zero-order chi connectivity index (χ0) is 15.0. The van der Waals surface area contributed by atoms with Crippen LogP contribution in [0.15, 0.2) is 11.6 Å². The number of aromatic nitrogens is 3. The molecule has 2 aromatic rings. The highest BCUT2D eigenvalue weighted by molar-refractivity contribution is 7.09. The lowest BCUT2D eigenvalue weighted by Crippen LogP contribution is -2.40. The first-order chi connectivity index (χ1) is 9.99. The maximum atomic E-state index is 4.54. The second kappa shape index (κ2) is 5.54. The molecular formula is C16H24N4S. The molecule has 1 fully saturated rings. The highest BCUT2D eigenvalue weighted by Gasteiger charge is 2.34. The van der Waals surface area contributed by atoms with E-state index in [1.54, 1.807) is 11.3 Å². The summed E-state index contributed by atoms with van der Waals surface area (Å²) in [6.45, 7) is 9.96. The molecule has 0 aliphatic carbocycles. The first-order valence-electron chi connectivity index (χ1n) is 7.61. The van der Waals surface area contributed by atoms with Gasteiger partial charge in [0.25, 0.3) is 0 Å². The van der Waals surface area contributed by atoms with Crippen LogP contribution in [0.4, 0.5) is 0 Å². The van der Waals surface area contributed by atoms with E-state index in [4.69, 9.17) is 0 Å². The minimum absolute atomic E-state index is 0.268. The van der Waals surface area contributed by atoms with E-state index >= 15 is 0 Å². The van der Waals surface area contributed by atoms with Gasteiger partial charge in [-0.3, -0.25) is 9.58 Å². The number of aryl methyl sites for hydroxylation is 2. The third-order valence-corrected chi connectivity index (χ3v) is 6.03. The molecule has 0 bridgehead atoms. The summed E-state index contributed by atoms with van der Waals surface area (Å²) in [5.41, 5.74) is 4.13. The molecule has 1 aliphatic rings. The second-order valence-corrected chi connectivity index (χ2v) is 7.34. The van der Waals surface area contributed by atoms with Crippen molar-refractivity contribution >= 4 is 11.3 Å².